The molecular formula is C9H16N4. The van der Waals surface area contributed by atoms with Crippen molar-refractivity contribution in [1.82, 2.24) is 9.97 Å². The minimum absolute atomic E-state index is 0.603. The van der Waals surface area contributed by atoms with E-state index >= 15 is 0 Å². The minimum Gasteiger partial charge on any atom is -0.394 e. The van der Waals surface area contributed by atoms with Crippen LogP contribution in [0.15, 0.2) is 12.5 Å². The molecule has 0 aliphatic carbocycles. The quantitative estimate of drug-likeness (QED) is 0.737. The molecule has 0 aliphatic heterocycles. The van der Waals surface area contributed by atoms with E-state index in [1.165, 1.54) is 6.33 Å². The Kier molecular flexibility index (Phi) is 3.49. The minimum atomic E-state index is 0.603. The summed E-state index contributed by atoms with van der Waals surface area (Å²) in [5.41, 5.74) is 6.26. The van der Waals surface area contributed by atoms with Gasteiger partial charge in [0.1, 0.15) is 6.33 Å². The molecule has 1 unspecified atom stereocenters. The van der Waals surface area contributed by atoms with E-state index in [2.05, 4.69) is 29.1 Å². The standard InChI is InChI=1S/C9H16N4/c1-3-7(2)4-12-9-8(10)5-11-6-13-9/h5-7H,3-4,10H2,1-2H3,(H,11,12,13). The topological polar surface area (TPSA) is 63.8 Å². The van der Waals surface area contributed by atoms with Crippen LogP contribution in [-0.2, 0) is 0 Å². The van der Waals surface area contributed by atoms with Crippen LogP contribution in [0.1, 0.15) is 20.3 Å². The first-order chi connectivity index (χ1) is 6.24. The van der Waals surface area contributed by atoms with Crippen molar-refractivity contribution in [2.24, 2.45) is 5.92 Å². The van der Waals surface area contributed by atoms with Crippen LogP contribution in [0.5, 0.6) is 0 Å². The van der Waals surface area contributed by atoms with Gasteiger partial charge in [-0.3, -0.25) is 0 Å². The van der Waals surface area contributed by atoms with Crippen LogP contribution >= 0.6 is 0 Å². The molecule has 1 atom stereocenters. The van der Waals surface area contributed by atoms with Crippen LogP contribution in [0.4, 0.5) is 11.5 Å². The summed E-state index contributed by atoms with van der Waals surface area (Å²) in [6, 6.07) is 0. The summed E-state index contributed by atoms with van der Waals surface area (Å²) in [4.78, 5) is 7.85. The van der Waals surface area contributed by atoms with E-state index in [0.29, 0.717) is 11.6 Å². The lowest BCUT2D eigenvalue weighted by molar-refractivity contribution is 0.592. The van der Waals surface area contributed by atoms with Gasteiger partial charge in [0.2, 0.25) is 0 Å². The molecule has 0 saturated heterocycles. The highest BCUT2D eigenvalue weighted by Gasteiger charge is 2.01. The van der Waals surface area contributed by atoms with Gasteiger partial charge in [-0.1, -0.05) is 20.3 Å². The highest BCUT2D eigenvalue weighted by molar-refractivity contribution is 5.58. The highest BCUT2D eigenvalue weighted by Crippen LogP contribution is 2.12. The van der Waals surface area contributed by atoms with Crippen LogP contribution in [-0.4, -0.2) is 16.5 Å². The van der Waals surface area contributed by atoms with Crippen LogP contribution in [0.25, 0.3) is 0 Å². The Balaban J connectivity index is 2.50. The fraction of sp³-hybridized carbons (Fsp3) is 0.556. The predicted octanol–water partition coefficient (Wildman–Crippen LogP) is 1.52. The number of nitrogens with zero attached hydrogens (tertiary/aromatic N) is 2. The molecule has 0 aromatic carbocycles. The lowest BCUT2D eigenvalue weighted by atomic mass is 10.1. The second kappa shape index (κ2) is 4.64. The van der Waals surface area contributed by atoms with Crippen LogP contribution < -0.4 is 11.1 Å². The molecule has 0 fully saturated rings. The number of hydrogen-bond acceptors (Lipinski definition) is 4. The Morgan fingerprint density at radius 2 is 2.38 bits per heavy atom. The molecule has 0 aliphatic rings. The fourth-order valence-corrected chi connectivity index (χ4v) is 0.903. The van der Waals surface area contributed by atoms with Crippen molar-refractivity contribution in [2.45, 2.75) is 20.3 Å². The Morgan fingerprint density at radius 1 is 1.62 bits per heavy atom. The number of nitrogens with two attached hydrogens (primary N) is 1. The average Bonchev–Trinajstić information content (AvgIpc) is 2.16. The normalized spacial score (nSPS) is 12.5. The first-order valence-corrected chi connectivity index (χ1v) is 4.53. The van der Waals surface area contributed by atoms with Gasteiger partial charge in [0, 0.05) is 6.54 Å². The average molecular weight is 180 g/mol. The van der Waals surface area contributed by atoms with Crippen molar-refractivity contribution in [3.05, 3.63) is 12.5 Å². The Morgan fingerprint density at radius 3 is 3.00 bits per heavy atom. The van der Waals surface area contributed by atoms with Gasteiger partial charge in [-0.15, -0.1) is 0 Å². The van der Waals surface area contributed by atoms with E-state index in [-0.39, 0.29) is 0 Å². The molecular weight excluding hydrogens is 164 g/mol. The molecule has 0 amide bonds. The van der Waals surface area contributed by atoms with Gasteiger partial charge < -0.3 is 11.1 Å². The molecule has 0 spiro atoms. The lowest BCUT2D eigenvalue weighted by Gasteiger charge is -2.11. The first kappa shape index (κ1) is 9.77. The number of nitrogen functional groups attached to an aromatic ring is 1. The molecule has 0 radical (unpaired) electrons. The van der Waals surface area contributed by atoms with E-state index in [1.54, 1.807) is 6.20 Å². The van der Waals surface area contributed by atoms with Gasteiger partial charge in [-0.05, 0) is 5.92 Å². The van der Waals surface area contributed by atoms with Gasteiger partial charge in [0.05, 0.1) is 11.9 Å². The van der Waals surface area contributed by atoms with Crippen molar-refractivity contribution < 1.29 is 0 Å². The Labute approximate surface area is 78.6 Å². The summed E-state index contributed by atoms with van der Waals surface area (Å²) >= 11 is 0. The second-order valence-corrected chi connectivity index (χ2v) is 3.22. The van der Waals surface area contributed by atoms with Crippen LogP contribution in [0, 0.1) is 5.92 Å². The lowest BCUT2D eigenvalue weighted by Crippen LogP contribution is -2.12. The van der Waals surface area contributed by atoms with Gasteiger partial charge in [0.15, 0.2) is 5.82 Å². The summed E-state index contributed by atoms with van der Waals surface area (Å²) in [6.07, 6.45) is 4.25. The summed E-state index contributed by atoms with van der Waals surface area (Å²) in [6.45, 7) is 5.25. The molecule has 0 bridgehead atoms. The molecule has 0 saturated carbocycles. The largest absolute Gasteiger partial charge is 0.394 e. The highest BCUT2D eigenvalue weighted by atomic mass is 15.0. The summed E-state index contributed by atoms with van der Waals surface area (Å²) < 4.78 is 0. The molecule has 13 heavy (non-hydrogen) atoms. The summed E-state index contributed by atoms with van der Waals surface area (Å²) in [5.74, 6) is 1.37. The maximum atomic E-state index is 5.66. The van der Waals surface area contributed by atoms with Gasteiger partial charge in [-0.2, -0.15) is 0 Å². The zero-order valence-corrected chi connectivity index (χ0v) is 8.12. The van der Waals surface area contributed by atoms with Crippen molar-refractivity contribution in [3.8, 4) is 0 Å². The monoisotopic (exact) mass is 180 g/mol. The van der Waals surface area contributed by atoms with Gasteiger partial charge in [-0.25, -0.2) is 9.97 Å². The first-order valence-electron chi connectivity index (χ1n) is 4.53. The molecule has 1 aromatic rings. The number of rotatable bonds is 4. The predicted molar refractivity (Wildman–Crippen MR) is 54.4 cm³/mol. The Bertz CT molecular complexity index is 262. The maximum absolute atomic E-state index is 5.66. The molecule has 1 heterocycles. The number of nitrogens with one attached hydrogen (secondary N) is 1. The number of hydrogen-bond donors (Lipinski definition) is 2. The third kappa shape index (κ3) is 2.89. The third-order valence-electron chi connectivity index (χ3n) is 2.06. The van der Waals surface area contributed by atoms with E-state index in [4.69, 9.17) is 5.73 Å². The molecule has 1 rings (SSSR count). The molecule has 4 nitrogen and oxygen atoms in total. The summed E-state index contributed by atoms with van der Waals surface area (Å²) in [5, 5.41) is 3.19. The summed E-state index contributed by atoms with van der Waals surface area (Å²) in [7, 11) is 0. The zero-order valence-electron chi connectivity index (χ0n) is 8.12. The third-order valence-corrected chi connectivity index (χ3v) is 2.06. The van der Waals surface area contributed by atoms with E-state index in [1.807, 2.05) is 0 Å². The second-order valence-electron chi connectivity index (χ2n) is 3.22. The van der Waals surface area contributed by atoms with Crippen molar-refractivity contribution >= 4 is 11.5 Å². The maximum Gasteiger partial charge on any atom is 0.152 e. The van der Waals surface area contributed by atoms with E-state index in [9.17, 15) is 0 Å². The molecule has 4 heteroatoms. The SMILES string of the molecule is CCC(C)CNc1ncncc1N. The van der Waals surface area contributed by atoms with Crippen molar-refractivity contribution in [2.75, 3.05) is 17.6 Å². The van der Waals surface area contributed by atoms with E-state index < -0.39 is 0 Å². The van der Waals surface area contributed by atoms with Crippen molar-refractivity contribution in [1.29, 1.82) is 0 Å². The Hall–Kier alpha value is -1.32. The number of aromatic nitrogens is 2. The van der Waals surface area contributed by atoms with Crippen molar-refractivity contribution in [3.63, 3.8) is 0 Å². The van der Waals surface area contributed by atoms with Crippen LogP contribution in [0.2, 0.25) is 0 Å². The molecule has 72 valence electrons. The molecule has 1 aromatic heterocycles. The molecule has 3 N–H and O–H groups in total. The smallest absolute Gasteiger partial charge is 0.152 e. The van der Waals surface area contributed by atoms with E-state index in [0.717, 1.165) is 18.8 Å². The van der Waals surface area contributed by atoms with Crippen LogP contribution in [0.3, 0.4) is 0 Å². The van der Waals surface area contributed by atoms with Gasteiger partial charge >= 0.3 is 0 Å². The number of anilines is 2. The zero-order chi connectivity index (χ0) is 9.68. The fourth-order valence-electron chi connectivity index (χ4n) is 0.903. The van der Waals surface area contributed by atoms with Gasteiger partial charge in [0.25, 0.3) is 0 Å².